The maximum absolute atomic E-state index is 14.0. The molecule has 1 aliphatic carbocycles. The quantitative estimate of drug-likeness (QED) is 0.729. The number of ether oxygens (including phenoxy) is 2. The molecule has 1 unspecified atom stereocenters. The van der Waals surface area contributed by atoms with E-state index in [1.807, 2.05) is 6.92 Å². The summed E-state index contributed by atoms with van der Waals surface area (Å²) in [6.07, 6.45) is 7.80. The molecule has 1 fully saturated rings. The Bertz CT molecular complexity index is 447. The summed E-state index contributed by atoms with van der Waals surface area (Å²) in [6, 6.07) is 4.99. The molecule has 0 radical (unpaired) electrons. The van der Waals surface area contributed by atoms with Gasteiger partial charge in [0, 0.05) is 24.3 Å². The molecule has 22 heavy (non-hydrogen) atoms. The fraction of sp³-hybridized carbons (Fsp3) is 0.667. The van der Waals surface area contributed by atoms with Crippen molar-refractivity contribution in [3.8, 4) is 5.75 Å². The van der Waals surface area contributed by atoms with E-state index in [1.165, 1.54) is 38.2 Å². The van der Waals surface area contributed by atoms with Crippen molar-refractivity contribution in [3.63, 3.8) is 0 Å². The van der Waals surface area contributed by atoms with E-state index in [1.54, 1.807) is 19.2 Å². The van der Waals surface area contributed by atoms with Gasteiger partial charge < -0.3 is 14.8 Å². The van der Waals surface area contributed by atoms with Crippen molar-refractivity contribution in [3.05, 3.63) is 29.6 Å². The number of halogens is 1. The summed E-state index contributed by atoms with van der Waals surface area (Å²) in [4.78, 5) is 0. The Balaban J connectivity index is 1.65. The molecular weight excluding hydrogens is 281 g/mol. The summed E-state index contributed by atoms with van der Waals surface area (Å²) in [5, 5.41) is 3.35. The highest BCUT2D eigenvalue weighted by molar-refractivity contribution is 5.30. The second kappa shape index (κ2) is 9.11. The predicted octanol–water partition coefficient (Wildman–Crippen LogP) is 4.22. The van der Waals surface area contributed by atoms with Crippen LogP contribution < -0.4 is 10.1 Å². The van der Waals surface area contributed by atoms with Crippen LogP contribution in [0.4, 0.5) is 4.39 Å². The van der Waals surface area contributed by atoms with Gasteiger partial charge in [0.2, 0.25) is 0 Å². The molecule has 1 N–H and O–H groups in total. The molecule has 1 saturated carbocycles. The van der Waals surface area contributed by atoms with Crippen LogP contribution >= 0.6 is 0 Å². The third-order valence-electron chi connectivity index (χ3n) is 4.35. The average molecular weight is 309 g/mol. The van der Waals surface area contributed by atoms with Gasteiger partial charge in [0.15, 0.2) is 0 Å². The molecule has 0 aromatic heterocycles. The highest BCUT2D eigenvalue weighted by Crippen LogP contribution is 2.22. The Morgan fingerprint density at radius 1 is 1.27 bits per heavy atom. The Hall–Kier alpha value is -1.13. The van der Waals surface area contributed by atoms with Crippen molar-refractivity contribution >= 4 is 0 Å². The summed E-state index contributed by atoms with van der Waals surface area (Å²) in [6.45, 7) is 3.60. The van der Waals surface area contributed by atoms with Crippen molar-refractivity contribution < 1.29 is 13.9 Å². The maximum Gasteiger partial charge on any atom is 0.131 e. The molecule has 2 rings (SSSR count). The minimum Gasteiger partial charge on any atom is -0.497 e. The first-order valence-corrected chi connectivity index (χ1v) is 8.39. The Labute approximate surface area is 133 Å². The first-order chi connectivity index (χ1) is 10.7. The molecule has 0 aliphatic heterocycles. The van der Waals surface area contributed by atoms with Crippen LogP contribution in [-0.2, 0) is 4.74 Å². The van der Waals surface area contributed by atoms with Crippen molar-refractivity contribution in [2.75, 3.05) is 20.3 Å². The first-order valence-electron chi connectivity index (χ1n) is 8.39. The van der Waals surface area contributed by atoms with Crippen molar-refractivity contribution in [1.82, 2.24) is 5.32 Å². The van der Waals surface area contributed by atoms with E-state index >= 15 is 0 Å². The molecule has 4 heteroatoms. The molecule has 3 nitrogen and oxygen atoms in total. The normalized spacial score (nSPS) is 17.4. The fourth-order valence-corrected chi connectivity index (χ4v) is 2.97. The molecule has 124 valence electrons. The van der Waals surface area contributed by atoms with Crippen molar-refractivity contribution in [2.45, 2.75) is 57.6 Å². The van der Waals surface area contributed by atoms with Crippen molar-refractivity contribution in [2.24, 2.45) is 0 Å². The molecule has 1 aromatic carbocycles. The monoisotopic (exact) mass is 309 g/mol. The van der Waals surface area contributed by atoms with Gasteiger partial charge >= 0.3 is 0 Å². The van der Waals surface area contributed by atoms with Gasteiger partial charge in [0.25, 0.3) is 0 Å². The third-order valence-corrected chi connectivity index (χ3v) is 4.35. The van der Waals surface area contributed by atoms with Crippen LogP contribution in [0, 0.1) is 5.82 Å². The molecule has 1 atom stereocenters. The summed E-state index contributed by atoms with van der Waals surface area (Å²) < 4.78 is 24.9. The van der Waals surface area contributed by atoms with E-state index in [0.717, 1.165) is 19.6 Å². The summed E-state index contributed by atoms with van der Waals surface area (Å²) in [5.74, 6) is 0.326. The Morgan fingerprint density at radius 2 is 2.05 bits per heavy atom. The van der Waals surface area contributed by atoms with Crippen LogP contribution in [0.5, 0.6) is 5.75 Å². The SMILES string of the molecule is COc1ccc(C(C)NCCCOC2CCCCC2)c(F)c1. The molecule has 1 aliphatic rings. The lowest BCUT2D eigenvalue weighted by Gasteiger charge is -2.22. The van der Waals surface area contributed by atoms with Gasteiger partial charge in [-0.2, -0.15) is 0 Å². The highest BCUT2D eigenvalue weighted by atomic mass is 19.1. The molecule has 0 heterocycles. The maximum atomic E-state index is 14.0. The standard InChI is InChI=1S/C18H28FNO2/c1-14(17-10-9-16(21-2)13-18(17)19)20-11-6-12-22-15-7-4-3-5-8-15/h9-10,13-15,20H,3-8,11-12H2,1-2H3. The van der Waals surface area contributed by atoms with Gasteiger partial charge in [-0.15, -0.1) is 0 Å². The zero-order valence-electron chi connectivity index (χ0n) is 13.7. The Morgan fingerprint density at radius 3 is 2.73 bits per heavy atom. The zero-order valence-corrected chi connectivity index (χ0v) is 13.7. The van der Waals surface area contributed by atoms with Gasteiger partial charge in [0.1, 0.15) is 11.6 Å². The number of rotatable bonds is 8. The lowest BCUT2D eigenvalue weighted by atomic mass is 9.98. The fourth-order valence-electron chi connectivity index (χ4n) is 2.97. The van der Waals surface area contributed by atoms with E-state index < -0.39 is 0 Å². The lowest BCUT2D eigenvalue weighted by molar-refractivity contribution is 0.0271. The first kappa shape index (κ1) is 17.2. The highest BCUT2D eigenvalue weighted by Gasteiger charge is 2.14. The lowest BCUT2D eigenvalue weighted by Crippen LogP contribution is -2.23. The number of hydrogen-bond donors (Lipinski definition) is 1. The van der Waals surface area contributed by atoms with Crippen LogP contribution in [0.1, 0.15) is 57.1 Å². The summed E-state index contributed by atoms with van der Waals surface area (Å²) in [7, 11) is 1.54. The van der Waals surface area contributed by atoms with E-state index in [-0.39, 0.29) is 11.9 Å². The molecular formula is C18H28FNO2. The summed E-state index contributed by atoms with van der Waals surface area (Å²) >= 11 is 0. The van der Waals surface area contributed by atoms with E-state index in [2.05, 4.69) is 5.32 Å². The molecule has 0 spiro atoms. The van der Waals surface area contributed by atoms with Crippen molar-refractivity contribution in [1.29, 1.82) is 0 Å². The smallest absolute Gasteiger partial charge is 0.131 e. The minimum absolute atomic E-state index is 0.0133. The van der Waals surface area contributed by atoms with Gasteiger partial charge in [-0.05, 0) is 38.8 Å². The topological polar surface area (TPSA) is 30.5 Å². The van der Waals surface area contributed by atoms with Gasteiger partial charge in [-0.1, -0.05) is 25.3 Å². The number of methoxy groups -OCH3 is 1. The number of benzene rings is 1. The van der Waals surface area contributed by atoms with E-state index in [9.17, 15) is 4.39 Å². The van der Waals surface area contributed by atoms with Crippen LogP contribution in [-0.4, -0.2) is 26.4 Å². The molecule has 0 saturated heterocycles. The minimum atomic E-state index is -0.224. The van der Waals surface area contributed by atoms with Gasteiger partial charge in [-0.3, -0.25) is 0 Å². The number of nitrogens with one attached hydrogen (secondary N) is 1. The van der Waals surface area contributed by atoms with E-state index in [4.69, 9.17) is 9.47 Å². The Kier molecular flexibility index (Phi) is 7.13. The molecule has 0 bridgehead atoms. The van der Waals surface area contributed by atoms with Gasteiger partial charge in [0.05, 0.1) is 13.2 Å². The molecule has 0 amide bonds. The van der Waals surface area contributed by atoms with Crippen LogP contribution in [0.2, 0.25) is 0 Å². The second-order valence-electron chi connectivity index (χ2n) is 6.05. The largest absolute Gasteiger partial charge is 0.497 e. The third kappa shape index (κ3) is 5.25. The predicted molar refractivity (Wildman–Crippen MR) is 86.8 cm³/mol. The van der Waals surface area contributed by atoms with Gasteiger partial charge in [-0.25, -0.2) is 4.39 Å². The van der Waals surface area contributed by atoms with Crippen LogP contribution in [0.25, 0.3) is 0 Å². The summed E-state index contributed by atoms with van der Waals surface area (Å²) in [5.41, 5.74) is 0.675. The molecule has 1 aromatic rings. The van der Waals surface area contributed by atoms with E-state index in [0.29, 0.717) is 17.4 Å². The zero-order chi connectivity index (χ0) is 15.8. The van der Waals surface area contributed by atoms with Crippen LogP contribution in [0.15, 0.2) is 18.2 Å². The number of hydrogen-bond acceptors (Lipinski definition) is 3. The van der Waals surface area contributed by atoms with Crippen LogP contribution in [0.3, 0.4) is 0 Å². The second-order valence-corrected chi connectivity index (χ2v) is 6.05. The average Bonchev–Trinajstić information content (AvgIpc) is 2.55.